The Kier molecular flexibility index (Phi) is 4.68. The first-order chi connectivity index (χ1) is 14.8. The molecule has 0 saturated carbocycles. The van der Waals surface area contributed by atoms with E-state index in [9.17, 15) is 4.39 Å². The number of benzene rings is 2. The molecular weight excluding hydrogens is 389 g/mol. The first-order valence-electron chi connectivity index (χ1n) is 11.0. The Hall–Kier alpha value is -3.02. The van der Waals surface area contributed by atoms with E-state index in [-0.39, 0.29) is 5.82 Å². The molecule has 0 bridgehead atoms. The molecule has 0 fully saturated rings. The van der Waals surface area contributed by atoms with Crippen LogP contribution in [0.5, 0.6) is 0 Å². The van der Waals surface area contributed by atoms with Gasteiger partial charge in [-0.25, -0.2) is 4.39 Å². The van der Waals surface area contributed by atoms with Crippen LogP contribution >= 0.6 is 0 Å². The number of para-hydroxylation sites is 1. The molecule has 0 N–H and O–H groups in total. The van der Waals surface area contributed by atoms with Gasteiger partial charge >= 0.3 is 0 Å². The summed E-state index contributed by atoms with van der Waals surface area (Å²) in [6.07, 6.45) is 4.30. The lowest BCUT2D eigenvalue weighted by Crippen LogP contribution is -2.27. The zero-order valence-electron chi connectivity index (χ0n) is 18.6. The maximum Gasteiger partial charge on any atom is 0.257 e. The molecule has 4 aromatic rings. The van der Waals surface area contributed by atoms with Crippen LogP contribution in [0.1, 0.15) is 50.6 Å². The third-order valence-corrected chi connectivity index (χ3v) is 6.21. The molecule has 31 heavy (non-hydrogen) atoms. The Morgan fingerprint density at radius 1 is 1.06 bits per heavy atom. The molecule has 0 saturated heterocycles. The van der Waals surface area contributed by atoms with Gasteiger partial charge in [-0.05, 0) is 67.3 Å². The number of fused-ring (bicyclic) bond motifs is 4. The fraction of sp³-hybridized carbons (Fsp3) is 0.400. The third-order valence-electron chi connectivity index (χ3n) is 6.21. The van der Waals surface area contributed by atoms with Crippen LogP contribution in [0.25, 0.3) is 16.7 Å². The smallest absolute Gasteiger partial charge is 0.257 e. The minimum Gasteiger partial charge on any atom is -0.325 e. The highest BCUT2D eigenvalue weighted by molar-refractivity contribution is 5.94. The molecule has 1 aliphatic heterocycles. The predicted octanol–water partition coefficient (Wildman–Crippen LogP) is 5.79. The second-order valence-corrected chi connectivity index (χ2v) is 9.68. The molecule has 0 radical (unpaired) electrons. The van der Waals surface area contributed by atoms with Crippen molar-refractivity contribution in [2.75, 3.05) is 11.4 Å². The van der Waals surface area contributed by atoms with Crippen LogP contribution in [-0.4, -0.2) is 26.1 Å². The van der Waals surface area contributed by atoms with Gasteiger partial charge < -0.3 is 4.90 Å². The summed E-state index contributed by atoms with van der Waals surface area (Å²) in [5, 5.41) is 9.13. The number of halogens is 1. The minimum absolute atomic E-state index is 0.287. The lowest BCUT2D eigenvalue weighted by molar-refractivity contribution is 0.377. The van der Waals surface area contributed by atoms with Crippen LogP contribution in [0.3, 0.4) is 0 Å². The Balaban J connectivity index is 1.68. The van der Waals surface area contributed by atoms with Crippen molar-refractivity contribution in [2.45, 2.75) is 53.4 Å². The molecule has 0 unspecified atom stereocenters. The van der Waals surface area contributed by atoms with Crippen molar-refractivity contribution in [1.82, 2.24) is 19.6 Å². The van der Waals surface area contributed by atoms with Crippen molar-refractivity contribution in [3.05, 3.63) is 59.2 Å². The molecule has 2 aromatic carbocycles. The van der Waals surface area contributed by atoms with Gasteiger partial charge in [-0.3, -0.25) is 4.40 Å². The van der Waals surface area contributed by atoms with E-state index in [0.717, 1.165) is 43.4 Å². The molecule has 1 aliphatic rings. The predicted molar refractivity (Wildman–Crippen MR) is 123 cm³/mol. The summed E-state index contributed by atoms with van der Waals surface area (Å²) in [5.41, 5.74) is 4.76. The SMILES string of the molecule is Cc1nnc2nc(N3CCCc4c(CCC(C)(C)C)cccc43)c3cccc(F)c3n12. The molecule has 3 heterocycles. The van der Waals surface area contributed by atoms with E-state index in [1.54, 1.807) is 10.5 Å². The summed E-state index contributed by atoms with van der Waals surface area (Å²) in [7, 11) is 0. The van der Waals surface area contributed by atoms with Crippen molar-refractivity contribution in [3.63, 3.8) is 0 Å². The summed E-state index contributed by atoms with van der Waals surface area (Å²) >= 11 is 0. The van der Waals surface area contributed by atoms with Gasteiger partial charge in [0, 0.05) is 17.6 Å². The van der Waals surface area contributed by atoms with E-state index < -0.39 is 0 Å². The molecule has 2 aromatic heterocycles. The van der Waals surface area contributed by atoms with E-state index in [0.29, 0.717) is 22.5 Å². The Labute approximate surface area is 181 Å². The van der Waals surface area contributed by atoms with Gasteiger partial charge in [0.15, 0.2) is 0 Å². The number of aryl methyl sites for hydroxylation is 2. The van der Waals surface area contributed by atoms with Gasteiger partial charge in [0.1, 0.15) is 17.5 Å². The zero-order chi connectivity index (χ0) is 21.8. The van der Waals surface area contributed by atoms with E-state index in [1.807, 2.05) is 13.0 Å². The zero-order valence-corrected chi connectivity index (χ0v) is 18.6. The van der Waals surface area contributed by atoms with E-state index in [1.165, 1.54) is 22.9 Å². The highest BCUT2D eigenvalue weighted by atomic mass is 19.1. The number of hydrogen-bond donors (Lipinski definition) is 0. The summed E-state index contributed by atoms with van der Waals surface area (Å²) < 4.78 is 16.7. The summed E-state index contributed by atoms with van der Waals surface area (Å²) in [5.74, 6) is 1.53. The molecule has 0 atom stereocenters. The molecule has 6 heteroatoms. The van der Waals surface area contributed by atoms with Gasteiger partial charge in [0.2, 0.25) is 0 Å². The molecule has 0 spiro atoms. The Morgan fingerprint density at radius 2 is 1.87 bits per heavy atom. The minimum atomic E-state index is -0.287. The third kappa shape index (κ3) is 3.44. The first kappa shape index (κ1) is 19.9. The van der Waals surface area contributed by atoms with E-state index in [4.69, 9.17) is 4.98 Å². The Bertz CT molecular complexity index is 1280. The van der Waals surface area contributed by atoms with Crippen LogP contribution in [-0.2, 0) is 12.8 Å². The average molecular weight is 418 g/mol. The lowest BCUT2D eigenvalue weighted by Gasteiger charge is -2.33. The summed E-state index contributed by atoms with van der Waals surface area (Å²) in [4.78, 5) is 7.09. The number of rotatable bonds is 3. The van der Waals surface area contributed by atoms with Gasteiger partial charge in [-0.15, -0.1) is 10.2 Å². The number of aromatic nitrogens is 4. The molecule has 5 rings (SSSR count). The van der Waals surface area contributed by atoms with Gasteiger partial charge in [-0.2, -0.15) is 4.98 Å². The standard InChI is InChI=1S/C25H28FN5/c1-16-28-29-24-27-23(19-9-6-11-20(26)22(19)31(16)24)30-15-7-10-18-17(8-5-12-21(18)30)13-14-25(2,3)4/h5-6,8-9,11-12H,7,10,13-15H2,1-4H3. The molecule has 0 aliphatic carbocycles. The maximum atomic E-state index is 15.0. The number of hydrogen-bond acceptors (Lipinski definition) is 4. The monoisotopic (exact) mass is 417 g/mol. The fourth-order valence-corrected chi connectivity index (χ4v) is 4.63. The quantitative estimate of drug-likeness (QED) is 0.423. The summed E-state index contributed by atoms with van der Waals surface area (Å²) in [6, 6.07) is 11.7. The van der Waals surface area contributed by atoms with E-state index in [2.05, 4.69) is 54.1 Å². The Morgan fingerprint density at radius 3 is 2.68 bits per heavy atom. The highest BCUT2D eigenvalue weighted by Gasteiger charge is 2.25. The summed E-state index contributed by atoms with van der Waals surface area (Å²) in [6.45, 7) is 9.53. The van der Waals surface area contributed by atoms with Crippen LogP contribution < -0.4 is 4.90 Å². The lowest BCUT2D eigenvalue weighted by atomic mass is 9.86. The average Bonchev–Trinajstić information content (AvgIpc) is 3.11. The second-order valence-electron chi connectivity index (χ2n) is 9.68. The topological polar surface area (TPSA) is 46.3 Å². The molecule has 0 amide bonds. The van der Waals surface area contributed by atoms with Crippen molar-refractivity contribution < 1.29 is 4.39 Å². The molecule has 160 valence electrons. The van der Waals surface area contributed by atoms with Crippen molar-refractivity contribution in [1.29, 1.82) is 0 Å². The molecular formula is C25H28FN5. The number of anilines is 2. The first-order valence-corrected chi connectivity index (χ1v) is 11.0. The molecule has 5 nitrogen and oxygen atoms in total. The number of nitrogens with zero attached hydrogens (tertiary/aromatic N) is 5. The van der Waals surface area contributed by atoms with Gasteiger partial charge in [-0.1, -0.05) is 39.0 Å². The van der Waals surface area contributed by atoms with Crippen molar-refractivity contribution in [2.24, 2.45) is 5.41 Å². The van der Waals surface area contributed by atoms with Crippen LogP contribution in [0.2, 0.25) is 0 Å². The van der Waals surface area contributed by atoms with E-state index >= 15 is 0 Å². The fourth-order valence-electron chi connectivity index (χ4n) is 4.63. The van der Waals surface area contributed by atoms with Crippen LogP contribution in [0, 0.1) is 18.2 Å². The maximum absolute atomic E-state index is 15.0. The van der Waals surface area contributed by atoms with Gasteiger partial charge in [0.25, 0.3) is 5.78 Å². The van der Waals surface area contributed by atoms with Gasteiger partial charge in [0.05, 0.1) is 5.52 Å². The largest absolute Gasteiger partial charge is 0.325 e. The normalized spacial score (nSPS) is 14.4. The van der Waals surface area contributed by atoms with Crippen molar-refractivity contribution >= 4 is 28.2 Å². The van der Waals surface area contributed by atoms with Crippen molar-refractivity contribution in [3.8, 4) is 0 Å². The second kappa shape index (κ2) is 7.29. The highest BCUT2D eigenvalue weighted by Crippen LogP contribution is 2.39. The van der Waals surface area contributed by atoms with Crippen LogP contribution in [0.15, 0.2) is 36.4 Å². The van der Waals surface area contributed by atoms with Crippen LogP contribution in [0.4, 0.5) is 15.9 Å².